The fourth-order valence-electron chi connectivity index (χ4n) is 1.47. The Morgan fingerprint density at radius 1 is 1.37 bits per heavy atom. The lowest BCUT2D eigenvalue weighted by Gasteiger charge is -2.14. The van der Waals surface area contributed by atoms with Crippen LogP contribution in [0.3, 0.4) is 0 Å². The van der Waals surface area contributed by atoms with Gasteiger partial charge in [0, 0.05) is 12.6 Å². The minimum Gasteiger partial charge on any atom is -0.497 e. The number of nitrogens with zero attached hydrogens (tertiary/aromatic N) is 1. The van der Waals surface area contributed by atoms with Crippen molar-refractivity contribution in [2.45, 2.75) is 6.42 Å². The van der Waals surface area contributed by atoms with Crippen LogP contribution in [0.5, 0.6) is 5.75 Å². The molecule has 0 radical (unpaired) electrons. The van der Waals surface area contributed by atoms with Crippen molar-refractivity contribution in [1.82, 2.24) is 15.6 Å². The van der Waals surface area contributed by atoms with Crippen molar-refractivity contribution in [3.63, 3.8) is 0 Å². The van der Waals surface area contributed by atoms with Gasteiger partial charge in [0.25, 0.3) is 0 Å². The Morgan fingerprint density at radius 2 is 2.16 bits per heavy atom. The normalized spacial score (nSPS) is 10.1. The molecule has 19 heavy (non-hydrogen) atoms. The minimum absolute atomic E-state index is 0.585. The van der Waals surface area contributed by atoms with Gasteiger partial charge < -0.3 is 15.0 Å². The Hall–Kier alpha value is -1.53. The molecule has 0 spiro atoms. The largest absolute Gasteiger partial charge is 0.497 e. The number of ether oxygens (including phenoxy) is 1. The van der Waals surface area contributed by atoms with Crippen molar-refractivity contribution in [2.24, 2.45) is 0 Å². The van der Waals surface area contributed by atoms with Crippen LogP contribution in [0.4, 0.5) is 5.69 Å². The summed E-state index contributed by atoms with van der Waals surface area (Å²) in [6, 6.07) is 7.63. The van der Waals surface area contributed by atoms with Gasteiger partial charge in [-0.05, 0) is 51.4 Å². The van der Waals surface area contributed by atoms with E-state index in [9.17, 15) is 0 Å². The van der Waals surface area contributed by atoms with Gasteiger partial charge in [-0.25, -0.2) is 0 Å². The van der Waals surface area contributed by atoms with E-state index >= 15 is 0 Å². The maximum Gasteiger partial charge on any atom is 0.185 e. The molecule has 0 aliphatic carbocycles. The van der Waals surface area contributed by atoms with Crippen LogP contribution in [0.2, 0.25) is 0 Å². The first-order valence-corrected chi connectivity index (χ1v) is 6.61. The molecule has 3 N–H and O–H groups in total. The van der Waals surface area contributed by atoms with Crippen molar-refractivity contribution < 1.29 is 4.74 Å². The van der Waals surface area contributed by atoms with E-state index in [1.807, 2.05) is 24.3 Å². The molecule has 6 heteroatoms. The Balaban J connectivity index is 2.22. The summed E-state index contributed by atoms with van der Waals surface area (Å²) < 4.78 is 5.14. The molecule has 5 nitrogen and oxygen atoms in total. The van der Waals surface area contributed by atoms with Gasteiger partial charge in [0.15, 0.2) is 5.11 Å². The first-order chi connectivity index (χ1) is 9.11. The summed E-state index contributed by atoms with van der Waals surface area (Å²) >= 11 is 5.16. The van der Waals surface area contributed by atoms with E-state index in [-0.39, 0.29) is 0 Å². The van der Waals surface area contributed by atoms with Crippen molar-refractivity contribution in [1.29, 1.82) is 0 Å². The van der Waals surface area contributed by atoms with Crippen LogP contribution < -0.4 is 20.9 Å². The number of methoxy groups -OCH3 is 1. The summed E-state index contributed by atoms with van der Waals surface area (Å²) in [6.45, 7) is 1.89. The van der Waals surface area contributed by atoms with Crippen molar-refractivity contribution in [3.8, 4) is 5.75 Å². The second-order valence-corrected chi connectivity index (χ2v) is 4.80. The molecule has 0 saturated heterocycles. The van der Waals surface area contributed by atoms with Crippen LogP contribution in [-0.4, -0.2) is 44.3 Å². The number of rotatable bonds is 7. The predicted octanol–water partition coefficient (Wildman–Crippen LogP) is 1.44. The second kappa shape index (κ2) is 8.55. The van der Waals surface area contributed by atoms with E-state index in [0.29, 0.717) is 5.11 Å². The van der Waals surface area contributed by atoms with E-state index < -0.39 is 0 Å². The molecule has 0 fully saturated rings. The van der Waals surface area contributed by atoms with Crippen LogP contribution in [-0.2, 0) is 0 Å². The smallest absolute Gasteiger partial charge is 0.185 e. The molecule has 1 aromatic carbocycles. The Labute approximate surface area is 120 Å². The molecule has 0 aliphatic rings. The Bertz CT molecular complexity index is 398. The Kier molecular flexibility index (Phi) is 6.99. The third-order valence-corrected chi connectivity index (χ3v) is 2.70. The van der Waals surface area contributed by atoms with E-state index in [4.69, 9.17) is 17.0 Å². The lowest BCUT2D eigenvalue weighted by molar-refractivity contribution is 0.400. The summed E-state index contributed by atoms with van der Waals surface area (Å²) in [5.41, 5.74) is 6.86. The van der Waals surface area contributed by atoms with Gasteiger partial charge in [0.1, 0.15) is 5.75 Å². The summed E-state index contributed by atoms with van der Waals surface area (Å²) in [6.07, 6.45) is 1.05. The number of hydrazine groups is 1. The van der Waals surface area contributed by atoms with Gasteiger partial charge in [-0.1, -0.05) is 6.07 Å². The van der Waals surface area contributed by atoms with Crippen LogP contribution in [0.15, 0.2) is 24.3 Å². The maximum absolute atomic E-state index is 5.16. The molecule has 0 saturated carbocycles. The van der Waals surface area contributed by atoms with Gasteiger partial charge in [-0.15, -0.1) is 0 Å². The fourth-order valence-corrected chi connectivity index (χ4v) is 1.62. The highest BCUT2D eigenvalue weighted by atomic mass is 32.1. The predicted molar refractivity (Wildman–Crippen MR) is 83.5 cm³/mol. The zero-order valence-electron chi connectivity index (χ0n) is 11.7. The molecule has 1 rings (SSSR count). The van der Waals surface area contributed by atoms with Gasteiger partial charge in [-0.2, -0.15) is 0 Å². The summed E-state index contributed by atoms with van der Waals surface area (Å²) in [4.78, 5) is 2.15. The first kappa shape index (κ1) is 15.5. The van der Waals surface area contributed by atoms with E-state index in [1.54, 1.807) is 7.11 Å². The molecule has 0 unspecified atom stereocenters. The molecule has 0 bridgehead atoms. The van der Waals surface area contributed by atoms with Gasteiger partial charge >= 0.3 is 0 Å². The monoisotopic (exact) mass is 282 g/mol. The van der Waals surface area contributed by atoms with Crippen molar-refractivity contribution in [2.75, 3.05) is 39.7 Å². The molecular formula is C13H22N4OS. The van der Waals surface area contributed by atoms with Crippen LogP contribution in [0, 0.1) is 0 Å². The highest BCUT2D eigenvalue weighted by Gasteiger charge is 1.97. The molecule has 0 atom stereocenters. The summed E-state index contributed by atoms with van der Waals surface area (Å²) in [7, 11) is 5.76. The molecule has 0 aliphatic heterocycles. The number of benzene rings is 1. The van der Waals surface area contributed by atoms with Crippen LogP contribution >= 0.6 is 12.2 Å². The lowest BCUT2D eigenvalue weighted by Crippen LogP contribution is -2.39. The molecule has 0 amide bonds. The molecular weight excluding hydrogens is 260 g/mol. The molecule has 0 aromatic heterocycles. The minimum atomic E-state index is 0.585. The number of hydrogen-bond acceptors (Lipinski definition) is 4. The summed E-state index contributed by atoms with van der Waals surface area (Å²) in [5.74, 6) is 0.802. The van der Waals surface area contributed by atoms with Crippen molar-refractivity contribution >= 4 is 23.0 Å². The topological polar surface area (TPSA) is 48.6 Å². The first-order valence-electron chi connectivity index (χ1n) is 6.20. The number of anilines is 1. The van der Waals surface area contributed by atoms with E-state index in [0.717, 1.165) is 30.9 Å². The third kappa shape index (κ3) is 6.83. The van der Waals surface area contributed by atoms with Crippen LogP contribution in [0.1, 0.15) is 6.42 Å². The average molecular weight is 282 g/mol. The lowest BCUT2D eigenvalue weighted by atomic mass is 10.3. The quantitative estimate of drug-likeness (QED) is 0.400. The standard InChI is InChI=1S/C13H22N4OS/c1-17(2)9-5-8-14-13(19)16-15-11-6-4-7-12(10-11)18-3/h4,6-7,10,15H,5,8-9H2,1-3H3,(H2,14,16,19). The van der Waals surface area contributed by atoms with Gasteiger partial charge in [0.05, 0.1) is 12.8 Å². The summed E-state index contributed by atoms with van der Waals surface area (Å²) in [5, 5.41) is 3.72. The second-order valence-electron chi connectivity index (χ2n) is 4.39. The van der Waals surface area contributed by atoms with Crippen LogP contribution in [0.25, 0.3) is 0 Å². The van der Waals surface area contributed by atoms with Crippen molar-refractivity contribution in [3.05, 3.63) is 24.3 Å². The van der Waals surface area contributed by atoms with Gasteiger partial charge in [0.2, 0.25) is 0 Å². The Morgan fingerprint density at radius 3 is 2.84 bits per heavy atom. The van der Waals surface area contributed by atoms with Gasteiger partial charge in [-0.3, -0.25) is 10.9 Å². The SMILES string of the molecule is COc1cccc(NNC(=S)NCCCN(C)C)c1. The number of thiocarbonyl (C=S) groups is 1. The zero-order chi connectivity index (χ0) is 14.1. The maximum atomic E-state index is 5.16. The average Bonchev–Trinajstić information content (AvgIpc) is 2.41. The number of nitrogens with one attached hydrogen (secondary N) is 3. The zero-order valence-corrected chi connectivity index (χ0v) is 12.5. The number of hydrogen-bond donors (Lipinski definition) is 3. The molecule has 1 aromatic rings. The van der Waals surface area contributed by atoms with E-state index in [2.05, 4.69) is 35.2 Å². The highest BCUT2D eigenvalue weighted by Crippen LogP contribution is 2.15. The fraction of sp³-hybridized carbons (Fsp3) is 0.462. The molecule has 106 valence electrons. The highest BCUT2D eigenvalue weighted by molar-refractivity contribution is 7.80. The van der Waals surface area contributed by atoms with E-state index in [1.165, 1.54) is 0 Å². The molecule has 0 heterocycles. The third-order valence-electron chi connectivity index (χ3n) is 2.46.